The van der Waals surface area contributed by atoms with E-state index in [1.807, 2.05) is 6.20 Å². The highest BCUT2D eigenvalue weighted by Gasteiger charge is 2.24. The molecule has 1 heterocycles. The lowest BCUT2D eigenvalue weighted by molar-refractivity contribution is 0.530. The van der Waals surface area contributed by atoms with Crippen LogP contribution < -0.4 is 4.90 Å². The molecule has 0 spiro atoms. The third-order valence-corrected chi connectivity index (χ3v) is 3.70. The molecule has 1 aromatic heterocycles. The summed E-state index contributed by atoms with van der Waals surface area (Å²) in [6.07, 6.45) is 8.85. The normalized spacial score (nSPS) is 16.4. The van der Waals surface area contributed by atoms with Crippen LogP contribution in [0.4, 0.5) is 5.82 Å². The summed E-state index contributed by atoms with van der Waals surface area (Å²) in [6, 6.07) is 0.632. The molecule has 0 N–H and O–H groups in total. The topological polar surface area (TPSA) is 29.0 Å². The minimum atomic E-state index is 0.432. The SMILES string of the molecule is CC(C)CN(c1cncc(CCl)n1)C1CCCC1. The number of anilines is 1. The van der Waals surface area contributed by atoms with Gasteiger partial charge in [-0.2, -0.15) is 0 Å². The van der Waals surface area contributed by atoms with Gasteiger partial charge in [0.05, 0.1) is 17.8 Å². The van der Waals surface area contributed by atoms with E-state index in [1.54, 1.807) is 6.20 Å². The molecule has 0 aromatic carbocycles. The molecule has 0 bridgehead atoms. The fourth-order valence-corrected chi connectivity index (χ4v) is 2.77. The third-order valence-electron chi connectivity index (χ3n) is 3.43. The highest BCUT2D eigenvalue weighted by atomic mass is 35.5. The minimum absolute atomic E-state index is 0.432. The molecule has 0 aliphatic heterocycles. The first-order valence-electron chi connectivity index (χ1n) is 6.84. The molecule has 1 aliphatic rings. The van der Waals surface area contributed by atoms with Crippen LogP contribution in [0.2, 0.25) is 0 Å². The van der Waals surface area contributed by atoms with Crippen LogP contribution in [0.5, 0.6) is 0 Å². The number of nitrogens with zero attached hydrogens (tertiary/aromatic N) is 3. The number of hydrogen-bond donors (Lipinski definition) is 0. The van der Waals surface area contributed by atoms with Gasteiger partial charge in [0.25, 0.3) is 0 Å². The van der Waals surface area contributed by atoms with Crippen molar-refractivity contribution in [3.05, 3.63) is 18.1 Å². The lowest BCUT2D eigenvalue weighted by atomic mass is 10.1. The van der Waals surface area contributed by atoms with Gasteiger partial charge in [-0.25, -0.2) is 4.98 Å². The van der Waals surface area contributed by atoms with Gasteiger partial charge in [0.15, 0.2) is 0 Å². The molecule has 2 rings (SSSR count). The fourth-order valence-electron chi connectivity index (χ4n) is 2.64. The first-order valence-corrected chi connectivity index (χ1v) is 7.37. The van der Waals surface area contributed by atoms with Gasteiger partial charge >= 0.3 is 0 Å². The van der Waals surface area contributed by atoms with Gasteiger partial charge in [-0.05, 0) is 18.8 Å². The molecular weight excluding hydrogens is 246 g/mol. The summed E-state index contributed by atoms with van der Waals surface area (Å²) in [7, 11) is 0. The number of hydrogen-bond acceptors (Lipinski definition) is 3. The van der Waals surface area contributed by atoms with Gasteiger partial charge in [-0.3, -0.25) is 4.98 Å². The van der Waals surface area contributed by atoms with E-state index in [9.17, 15) is 0 Å². The number of rotatable bonds is 5. The van der Waals surface area contributed by atoms with Crippen LogP contribution in [-0.4, -0.2) is 22.6 Å². The van der Waals surface area contributed by atoms with Crippen molar-refractivity contribution >= 4 is 17.4 Å². The van der Waals surface area contributed by atoms with Crippen LogP contribution in [0, 0.1) is 5.92 Å². The van der Waals surface area contributed by atoms with E-state index in [1.165, 1.54) is 25.7 Å². The van der Waals surface area contributed by atoms with Crippen LogP contribution in [0.1, 0.15) is 45.2 Å². The molecule has 100 valence electrons. The van der Waals surface area contributed by atoms with Gasteiger partial charge in [0, 0.05) is 18.8 Å². The fraction of sp³-hybridized carbons (Fsp3) is 0.714. The van der Waals surface area contributed by atoms with E-state index in [4.69, 9.17) is 11.6 Å². The van der Waals surface area contributed by atoms with Crippen LogP contribution in [0.25, 0.3) is 0 Å². The maximum Gasteiger partial charge on any atom is 0.147 e. The first kappa shape index (κ1) is 13.6. The van der Waals surface area contributed by atoms with Gasteiger partial charge < -0.3 is 4.90 Å². The monoisotopic (exact) mass is 267 g/mol. The summed E-state index contributed by atoms with van der Waals surface area (Å²) in [5.41, 5.74) is 0.862. The second-order valence-corrected chi connectivity index (χ2v) is 5.75. The molecule has 4 heteroatoms. The maximum atomic E-state index is 5.85. The van der Waals surface area contributed by atoms with Gasteiger partial charge in [0.1, 0.15) is 5.82 Å². The van der Waals surface area contributed by atoms with E-state index in [0.29, 0.717) is 17.8 Å². The van der Waals surface area contributed by atoms with Crippen molar-refractivity contribution in [2.24, 2.45) is 5.92 Å². The molecule has 0 unspecified atom stereocenters. The van der Waals surface area contributed by atoms with E-state index in [2.05, 4.69) is 28.7 Å². The molecule has 1 fully saturated rings. The Morgan fingerprint density at radius 1 is 1.33 bits per heavy atom. The summed E-state index contributed by atoms with van der Waals surface area (Å²) in [6.45, 7) is 5.55. The molecule has 0 saturated heterocycles. The van der Waals surface area contributed by atoms with Crippen molar-refractivity contribution in [1.82, 2.24) is 9.97 Å². The Bertz CT molecular complexity index is 375. The van der Waals surface area contributed by atoms with Gasteiger partial charge in [-0.15, -0.1) is 11.6 Å². The Labute approximate surface area is 115 Å². The Hall–Kier alpha value is -0.830. The summed E-state index contributed by atoms with van der Waals surface area (Å²) in [5, 5.41) is 0. The Balaban J connectivity index is 2.20. The molecule has 1 saturated carbocycles. The largest absolute Gasteiger partial charge is 0.352 e. The molecule has 1 aliphatic carbocycles. The Kier molecular flexibility index (Phi) is 4.81. The highest BCUT2D eigenvalue weighted by Crippen LogP contribution is 2.27. The van der Waals surface area contributed by atoms with Gasteiger partial charge in [0.2, 0.25) is 0 Å². The van der Waals surface area contributed by atoms with Crippen molar-refractivity contribution < 1.29 is 0 Å². The molecule has 18 heavy (non-hydrogen) atoms. The lowest BCUT2D eigenvalue weighted by Gasteiger charge is -2.31. The zero-order valence-electron chi connectivity index (χ0n) is 11.3. The van der Waals surface area contributed by atoms with E-state index >= 15 is 0 Å². The average Bonchev–Trinajstić information content (AvgIpc) is 2.89. The van der Waals surface area contributed by atoms with E-state index in [0.717, 1.165) is 18.1 Å². The van der Waals surface area contributed by atoms with Crippen LogP contribution in [-0.2, 0) is 5.88 Å². The zero-order valence-corrected chi connectivity index (χ0v) is 12.0. The van der Waals surface area contributed by atoms with Crippen molar-refractivity contribution in [3.8, 4) is 0 Å². The Morgan fingerprint density at radius 2 is 2.06 bits per heavy atom. The maximum absolute atomic E-state index is 5.85. The Morgan fingerprint density at radius 3 is 2.67 bits per heavy atom. The van der Waals surface area contributed by atoms with Crippen molar-refractivity contribution in [2.75, 3.05) is 11.4 Å². The predicted octanol–water partition coefficient (Wildman–Crippen LogP) is 3.62. The quantitative estimate of drug-likeness (QED) is 0.763. The van der Waals surface area contributed by atoms with E-state index in [-0.39, 0.29) is 0 Å². The standard InChI is InChI=1S/C14H22ClN3/c1-11(2)10-18(13-5-3-4-6-13)14-9-16-8-12(7-15)17-14/h8-9,11,13H,3-7,10H2,1-2H3. The summed E-state index contributed by atoms with van der Waals surface area (Å²) < 4.78 is 0. The van der Waals surface area contributed by atoms with E-state index < -0.39 is 0 Å². The molecule has 0 atom stereocenters. The number of alkyl halides is 1. The van der Waals surface area contributed by atoms with Crippen molar-refractivity contribution in [1.29, 1.82) is 0 Å². The van der Waals surface area contributed by atoms with Crippen LogP contribution in [0.3, 0.4) is 0 Å². The predicted molar refractivity (Wildman–Crippen MR) is 76.0 cm³/mol. The second kappa shape index (κ2) is 6.37. The number of halogens is 1. The summed E-state index contributed by atoms with van der Waals surface area (Å²) >= 11 is 5.85. The minimum Gasteiger partial charge on any atom is -0.352 e. The summed E-state index contributed by atoms with van der Waals surface area (Å²) in [4.78, 5) is 11.3. The van der Waals surface area contributed by atoms with Crippen molar-refractivity contribution in [3.63, 3.8) is 0 Å². The zero-order chi connectivity index (χ0) is 13.0. The van der Waals surface area contributed by atoms with Crippen LogP contribution >= 0.6 is 11.6 Å². The average molecular weight is 268 g/mol. The summed E-state index contributed by atoms with van der Waals surface area (Å²) in [5.74, 6) is 2.06. The smallest absolute Gasteiger partial charge is 0.147 e. The van der Waals surface area contributed by atoms with Crippen LogP contribution in [0.15, 0.2) is 12.4 Å². The third kappa shape index (κ3) is 3.35. The number of aromatic nitrogens is 2. The molecule has 1 aromatic rings. The molecule has 0 amide bonds. The van der Waals surface area contributed by atoms with Gasteiger partial charge in [-0.1, -0.05) is 26.7 Å². The molecule has 0 radical (unpaired) electrons. The second-order valence-electron chi connectivity index (χ2n) is 5.49. The van der Waals surface area contributed by atoms with Crippen molar-refractivity contribution in [2.45, 2.75) is 51.5 Å². The lowest BCUT2D eigenvalue weighted by Crippen LogP contribution is -2.37. The molecular formula is C14H22ClN3. The first-order chi connectivity index (χ1) is 8.70. The molecule has 3 nitrogen and oxygen atoms in total. The highest BCUT2D eigenvalue weighted by molar-refractivity contribution is 6.16.